The Morgan fingerprint density at radius 2 is 1.80 bits per heavy atom. The van der Waals surface area contributed by atoms with Crippen LogP contribution >= 0.6 is 11.6 Å². The molecule has 2 aromatic carbocycles. The van der Waals surface area contributed by atoms with Crippen LogP contribution in [0.3, 0.4) is 0 Å². The van der Waals surface area contributed by atoms with Crippen molar-refractivity contribution in [3.63, 3.8) is 0 Å². The summed E-state index contributed by atoms with van der Waals surface area (Å²) >= 11 is 6.60. The predicted octanol–water partition coefficient (Wildman–Crippen LogP) is 5.45. The molecule has 0 saturated heterocycles. The van der Waals surface area contributed by atoms with E-state index in [1.54, 1.807) is 55.5 Å². The highest BCUT2D eigenvalue weighted by Crippen LogP contribution is 2.40. The van der Waals surface area contributed by atoms with Gasteiger partial charge in [0.25, 0.3) is 0 Å². The lowest BCUT2D eigenvalue weighted by Crippen LogP contribution is -2.50. The first-order valence-corrected chi connectivity index (χ1v) is 13.2. The molecule has 1 atom stereocenters. The Morgan fingerprint density at radius 1 is 1.07 bits per heavy atom. The molecule has 0 radical (unpaired) electrons. The van der Waals surface area contributed by atoms with E-state index < -0.39 is 29.3 Å². The minimum Gasteiger partial charge on any atom is -0.497 e. The van der Waals surface area contributed by atoms with Crippen molar-refractivity contribution < 1.29 is 28.4 Å². The monoisotopic (exact) mass is 570 g/mol. The van der Waals surface area contributed by atoms with Crippen molar-refractivity contribution in [1.29, 1.82) is 0 Å². The Bertz CT molecular complexity index is 1360. The van der Waals surface area contributed by atoms with E-state index in [0.29, 0.717) is 34.3 Å². The minimum absolute atomic E-state index is 0.176. The van der Waals surface area contributed by atoms with Crippen molar-refractivity contribution >= 4 is 40.8 Å². The molecule has 40 heavy (non-hydrogen) atoms. The summed E-state index contributed by atoms with van der Waals surface area (Å²) < 4.78 is 16.0. The maximum Gasteiger partial charge on any atom is 0.248 e. The fraction of sp³-hybridized carbons (Fsp3) is 0.379. The number of hydrogen-bond acceptors (Lipinski definition) is 7. The van der Waals surface area contributed by atoms with Crippen LogP contribution in [0.2, 0.25) is 5.02 Å². The summed E-state index contributed by atoms with van der Waals surface area (Å²) in [6.45, 7) is 7.44. The molecule has 10 nitrogen and oxygen atoms in total. The van der Waals surface area contributed by atoms with Crippen molar-refractivity contribution in [2.24, 2.45) is 0 Å². The van der Waals surface area contributed by atoms with Gasteiger partial charge in [-0.3, -0.25) is 19.3 Å². The summed E-state index contributed by atoms with van der Waals surface area (Å²) in [6, 6.07) is 12.1. The Kier molecular flexibility index (Phi) is 10.2. The highest BCUT2D eigenvalue weighted by molar-refractivity contribution is 6.31. The van der Waals surface area contributed by atoms with Gasteiger partial charge in [-0.05, 0) is 45.4 Å². The number of benzene rings is 2. The summed E-state index contributed by atoms with van der Waals surface area (Å²) in [5, 5.41) is 9.70. The zero-order valence-corrected chi connectivity index (χ0v) is 24.3. The third-order valence-electron chi connectivity index (χ3n) is 6.43. The van der Waals surface area contributed by atoms with Crippen LogP contribution in [0, 0.1) is 6.92 Å². The molecular formula is C29H35ClN4O6. The lowest BCUT2D eigenvalue weighted by atomic mass is 9.97. The Balaban J connectivity index is 2.09. The van der Waals surface area contributed by atoms with Gasteiger partial charge in [-0.25, -0.2) is 0 Å². The van der Waals surface area contributed by atoms with E-state index in [2.05, 4.69) is 15.8 Å². The van der Waals surface area contributed by atoms with Gasteiger partial charge in [0.05, 0.1) is 19.9 Å². The van der Waals surface area contributed by atoms with Crippen LogP contribution in [0.4, 0.5) is 11.5 Å². The molecule has 1 aromatic heterocycles. The molecule has 0 saturated carbocycles. The molecule has 0 aliphatic heterocycles. The van der Waals surface area contributed by atoms with Crippen molar-refractivity contribution in [2.45, 2.75) is 58.5 Å². The summed E-state index contributed by atoms with van der Waals surface area (Å²) in [5.74, 6) is 0.164. The average Bonchev–Trinajstić information content (AvgIpc) is 3.34. The number of nitrogens with one attached hydrogen (secondary N) is 2. The number of anilines is 2. The van der Waals surface area contributed by atoms with Crippen LogP contribution in [0.5, 0.6) is 11.5 Å². The third-order valence-corrected chi connectivity index (χ3v) is 6.77. The standard InChI is InChI=1S/C29H35ClN4O6/c1-7-29(3,4)32-28(37)27(20-10-8-9-11-21(20)30)34(22-17-19(38-5)12-13-23(22)39-6)26(36)15-14-25(35)31-24-16-18(2)40-33-24/h8-13,16-17,27H,7,14-15H2,1-6H3,(H,32,37)(H,31,33,35). The van der Waals surface area contributed by atoms with Gasteiger partial charge < -0.3 is 24.6 Å². The van der Waals surface area contributed by atoms with Crippen LogP contribution in [-0.2, 0) is 14.4 Å². The summed E-state index contributed by atoms with van der Waals surface area (Å²) in [6.07, 6.45) is 0.241. The van der Waals surface area contributed by atoms with Crippen LogP contribution < -0.4 is 25.0 Å². The van der Waals surface area contributed by atoms with Crippen molar-refractivity contribution in [1.82, 2.24) is 10.5 Å². The van der Waals surface area contributed by atoms with Crippen LogP contribution in [0.25, 0.3) is 0 Å². The number of amides is 3. The molecule has 0 fully saturated rings. The van der Waals surface area contributed by atoms with E-state index in [1.807, 2.05) is 20.8 Å². The van der Waals surface area contributed by atoms with Crippen molar-refractivity contribution in [3.05, 3.63) is 64.9 Å². The Morgan fingerprint density at radius 3 is 2.40 bits per heavy atom. The van der Waals surface area contributed by atoms with E-state index in [9.17, 15) is 14.4 Å². The Hall–Kier alpha value is -4.05. The van der Waals surface area contributed by atoms with Gasteiger partial charge in [0.1, 0.15) is 23.3 Å². The zero-order chi connectivity index (χ0) is 29.4. The molecular weight excluding hydrogens is 536 g/mol. The highest BCUT2D eigenvalue weighted by atomic mass is 35.5. The lowest BCUT2D eigenvalue weighted by molar-refractivity contribution is -0.128. The van der Waals surface area contributed by atoms with Crippen LogP contribution in [0.1, 0.15) is 57.4 Å². The molecule has 1 unspecified atom stereocenters. The third kappa shape index (κ3) is 7.53. The number of rotatable bonds is 12. The van der Waals surface area contributed by atoms with Gasteiger partial charge in [-0.2, -0.15) is 0 Å². The molecule has 1 heterocycles. The van der Waals surface area contributed by atoms with Gasteiger partial charge in [0, 0.05) is 41.1 Å². The number of nitrogens with zero attached hydrogens (tertiary/aromatic N) is 2. The zero-order valence-electron chi connectivity index (χ0n) is 23.5. The maximum atomic E-state index is 14.0. The molecule has 11 heteroatoms. The SMILES string of the molecule is CCC(C)(C)NC(=O)C(c1ccccc1Cl)N(C(=O)CCC(=O)Nc1cc(C)on1)c1cc(OC)ccc1OC. The van der Waals surface area contributed by atoms with Gasteiger partial charge in [0.15, 0.2) is 5.82 Å². The molecule has 0 bridgehead atoms. The van der Waals surface area contributed by atoms with Crippen molar-refractivity contribution in [3.8, 4) is 11.5 Å². The molecule has 0 aliphatic rings. The average molecular weight is 571 g/mol. The normalized spacial score (nSPS) is 11.9. The molecule has 214 valence electrons. The number of ether oxygens (including phenoxy) is 2. The molecule has 0 aliphatic carbocycles. The Labute approximate surface area is 238 Å². The van der Waals surface area contributed by atoms with E-state index in [0.717, 1.165) is 0 Å². The highest BCUT2D eigenvalue weighted by Gasteiger charge is 2.37. The first-order valence-electron chi connectivity index (χ1n) is 12.8. The van der Waals surface area contributed by atoms with Gasteiger partial charge in [-0.1, -0.05) is 41.9 Å². The van der Waals surface area contributed by atoms with Crippen LogP contribution in [0.15, 0.2) is 53.1 Å². The van der Waals surface area contributed by atoms with Gasteiger partial charge >= 0.3 is 0 Å². The first-order chi connectivity index (χ1) is 19.0. The molecule has 3 amide bonds. The summed E-state index contributed by atoms with van der Waals surface area (Å²) in [7, 11) is 2.96. The topological polar surface area (TPSA) is 123 Å². The van der Waals surface area contributed by atoms with E-state index in [1.165, 1.54) is 19.1 Å². The smallest absolute Gasteiger partial charge is 0.248 e. The number of hydrogen-bond donors (Lipinski definition) is 2. The fourth-order valence-corrected chi connectivity index (χ4v) is 4.20. The number of aromatic nitrogens is 1. The molecule has 3 rings (SSSR count). The second-order valence-electron chi connectivity index (χ2n) is 9.82. The van der Waals surface area contributed by atoms with Crippen molar-refractivity contribution in [2.75, 3.05) is 24.4 Å². The van der Waals surface area contributed by atoms with E-state index >= 15 is 0 Å². The van der Waals surface area contributed by atoms with E-state index in [4.69, 9.17) is 25.6 Å². The number of halogens is 1. The van der Waals surface area contributed by atoms with Gasteiger partial charge in [-0.15, -0.1) is 0 Å². The van der Waals surface area contributed by atoms with Gasteiger partial charge in [0.2, 0.25) is 17.7 Å². The molecule has 2 N–H and O–H groups in total. The molecule has 3 aromatic rings. The van der Waals surface area contributed by atoms with Crippen LogP contribution in [-0.4, -0.2) is 42.6 Å². The lowest BCUT2D eigenvalue weighted by Gasteiger charge is -2.35. The van der Waals surface area contributed by atoms with E-state index in [-0.39, 0.29) is 24.3 Å². The molecule has 0 spiro atoms. The maximum absolute atomic E-state index is 14.0. The summed E-state index contributed by atoms with van der Waals surface area (Å²) in [4.78, 5) is 42.0. The fourth-order valence-electron chi connectivity index (χ4n) is 3.96. The first kappa shape index (κ1) is 30.5. The summed E-state index contributed by atoms with van der Waals surface area (Å²) in [5.41, 5.74) is 0.127. The predicted molar refractivity (Wildman–Crippen MR) is 153 cm³/mol. The second-order valence-corrected chi connectivity index (χ2v) is 10.2. The largest absolute Gasteiger partial charge is 0.497 e. The quantitative estimate of drug-likeness (QED) is 0.297. The number of aryl methyl sites for hydroxylation is 1. The second kappa shape index (κ2) is 13.3. The minimum atomic E-state index is -1.19. The number of carbonyl (C=O) groups is 3. The number of carbonyl (C=O) groups excluding carboxylic acids is 3. The number of methoxy groups -OCH3 is 2.